The summed E-state index contributed by atoms with van der Waals surface area (Å²) in [6.07, 6.45) is -6.41. The normalized spacial score (nSPS) is 17.0. The second-order valence-electron chi connectivity index (χ2n) is 7.47. The van der Waals surface area contributed by atoms with Crippen LogP contribution in [0.4, 0.5) is 13.2 Å². The molecule has 7 nitrogen and oxygen atoms in total. The Morgan fingerprint density at radius 3 is 2.26 bits per heavy atom. The highest BCUT2D eigenvalue weighted by Crippen LogP contribution is 2.42. The number of nitrogens with one attached hydrogen (secondary N) is 1. The van der Waals surface area contributed by atoms with Gasteiger partial charge in [-0.25, -0.2) is 4.21 Å². The van der Waals surface area contributed by atoms with Gasteiger partial charge in [-0.05, 0) is 37.5 Å². The third kappa shape index (κ3) is 5.86. The Hall–Kier alpha value is -2.37. The molecule has 2 aromatic rings. The van der Waals surface area contributed by atoms with E-state index < -0.39 is 57.0 Å². The van der Waals surface area contributed by atoms with E-state index >= 15 is 0 Å². The second-order valence-corrected chi connectivity index (χ2v) is 9.91. The number of carboxylic acids is 1. The summed E-state index contributed by atoms with van der Waals surface area (Å²) in [5.74, 6) is -1.35. The summed E-state index contributed by atoms with van der Waals surface area (Å²) < 4.78 is 66.8. The molecule has 0 bridgehead atoms. The molecule has 5 N–H and O–H groups in total. The first kappa shape index (κ1) is 24.9. The molecular formula is C20H25F3N2O5S. The zero-order valence-electron chi connectivity index (χ0n) is 17.0. The van der Waals surface area contributed by atoms with Gasteiger partial charge < -0.3 is 20.4 Å². The Bertz CT molecular complexity index is 1030. The first-order chi connectivity index (χ1) is 14.2. The Kier molecular flexibility index (Phi) is 7.24. The van der Waals surface area contributed by atoms with Crippen molar-refractivity contribution in [3.05, 3.63) is 47.4 Å². The molecule has 0 fully saturated rings. The van der Waals surface area contributed by atoms with E-state index in [4.69, 9.17) is 20.0 Å². The number of furan rings is 1. The van der Waals surface area contributed by atoms with Crippen molar-refractivity contribution >= 4 is 15.7 Å². The largest absolute Gasteiger partial charge is 0.480 e. The summed E-state index contributed by atoms with van der Waals surface area (Å²) >= 11 is 0. The van der Waals surface area contributed by atoms with E-state index in [9.17, 15) is 27.3 Å². The zero-order valence-corrected chi connectivity index (χ0v) is 17.8. The zero-order chi connectivity index (χ0) is 23.6. The summed E-state index contributed by atoms with van der Waals surface area (Å²) in [5.41, 5.74) is 2.85. The predicted octanol–water partition coefficient (Wildman–Crippen LogP) is 3.55. The maximum atomic E-state index is 13.8. The van der Waals surface area contributed by atoms with Crippen LogP contribution in [0.2, 0.25) is 0 Å². The number of hydrogen-bond donors (Lipinski definition) is 4. The molecule has 0 aliphatic carbocycles. The van der Waals surface area contributed by atoms with Crippen LogP contribution in [0.25, 0.3) is 11.1 Å². The number of aliphatic carboxylic acids is 1. The second kappa shape index (κ2) is 9.01. The highest BCUT2D eigenvalue weighted by molar-refractivity contribution is 7.92. The summed E-state index contributed by atoms with van der Waals surface area (Å²) in [7, 11) is -3.58. The molecule has 172 valence electrons. The summed E-state index contributed by atoms with van der Waals surface area (Å²) in [6, 6.07) is 5.50. The van der Waals surface area contributed by atoms with Gasteiger partial charge in [0.25, 0.3) is 0 Å². The van der Waals surface area contributed by atoms with E-state index in [2.05, 4.69) is 0 Å². The minimum absolute atomic E-state index is 0.319. The van der Waals surface area contributed by atoms with Crippen LogP contribution in [-0.2, 0) is 20.1 Å². The molecule has 3 atom stereocenters. The predicted molar refractivity (Wildman–Crippen MR) is 109 cm³/mol. The molecule has 0 radical (unpaired) electrons. The molecule has 11 heteroatoms. The van der Waals surface area contributed by atoms with Gasteiger partial charge in [0, 0.05) is 33.2 Å². The highest BCUT2D eigenvalue weighted by atomic mass is 32.2. The van der Waals surface area contributed by atoms with Gasteiger partial charge in [0.1, 0.15) is 17.6 Å². The maximum absolute atomic E-state index is 13.8. The van der Waals surface area contributed by atoms with E-state index in [1.165, 1.54) is 12.1 Å². The number of nitrogens with two attached hydrogens (primary N) is 1. The van der Waals surface area contributed by atoms with Crippen LogP contribution in [0.3, 0.4) is 0 Å². The lowest BCUT2D eigenvalue weighted by atomic mass is 9.89. The third-order valence-corrected chi connectivity index (χ3v) is 6.81. The Labute approximate surface area is 178 Å². The van der Waals surface area contributed by atoms with Gasteiger partial charge in [-0.15, -0.1) is 0 Å². The van der Waals surface area contributed by atoms with Gasteiger partial charge in [0.05, 0.1) is 0 Å². The number of rotatable bonds is 9. The lowest BCUT2D eigenvalue weighted by molar-refractivity contribution is -0.267. The quantitative estimate of drug-likeness (QED) is 0.450. The Morgan fingerprint density at radius 1 is 1.23 bits per heavy atom. The van der Waals surface area contributed by atoms with Crippen LogP contribution in [-0.4, -0.2) is 44.1 Å². The SMILES string of the molecule is Cc1cc(-c2ccc(C(O)(CCS(=N)(=O)CC[C@H](N)C(=O)O)C(F)(F)F)cc2)c(C)o1. The van der Waals surface area contributed by atoms with Crippen LogP contribution in [0.15, 0.2) is 34.7 Å². The minimum Gasteiger partial charge on any atom is -0.480 e. The molecule has 0 aliphatic rings. The molecule has 0 amide bonds. The number of alkyl halides is 3. The Morgan fingerprint density at radius 2 is 1.81 bits per heavy atom. The average Bonchev–Trinajstić information content (AvgIpc) is 3.01. The van der Waals surface area contributed by atoms with Crippen LogP contribution < -0.4 is 5.73 Å². The standard InChI is InChI=1S/C20H25F3N2O5S/c1-12-11-16(13(2)30-12)14-3-5-15(6-4-14)19(28,20(21,22)23)8-10-31(25,29)9-7-17(24)18(26)27/h3-6,11,17,25,28H,7-10,24H2,1-2H3,(H,26,27)/t17-,19?,31?/m0/s1. The first-order valence-electron chi connectivity index (χ1n) is 9.36. The topological polar surface area (TPSA) is 138 Å². The van der Waals surface area contributed by atoms with Crippen molar-refractivity contribution in [3.63, 3.8) is 0 Å². The summed E-state index contributed by atoms with van der Waals surface area (Å²) in [6.45, 7) is 3.47. The highest BCUT2D eigenvalue weighted by Gasteiger charge is 2.54. The minimum atomic E-state index is -5.08. The van der Waals surface area contributed by atoms with Crippen molar-refractivity contribution in [2.45, 2.75) is 44.5 Å². The lowest BCUT2D eigenvalue weighted by Gasteiger charge is -2.31. The van der Waals surface area contributed by atoms with Gasteiger partial charge in [0.2, 0.25) is 0 Å². The summed E-state index contributed by atoms with van der Waals surface area (Å²) in [4.78, 5) is 10.7. The van der Waals surface area contributed by atoms with E-state index in [1.54, 1.807) is 19.9 Å². The molecule has 0 saturated carbocycles. The molecule has 31 heavy (non-hydrogen) atoms. The third-order valence-electron chi connectivity index (χ3n) is 5.05. The molecule has 0 saturated heterocycles. The number of halogens is 3. The fraction of sp³-hybridized carbons (Fsp3) is 0.450. The van der Waals surface area contributed by atoms with Crippen molar-refractivity contribution in [2.24, 2.45) is 5.73 Å². The number of benzene rings is 1. The van der Waals surface area contributed by atoms with Gasteiger partial charge in [-0.2, -0.15) is 13.2 Å². The molecule has 0 spiro atoms. The van der Waals surface area contributed by atoms with Crippen molar-refractivity contribution in [1.29, 1.82) is 4.78 Å². The molecule has 2 unspecified atom stereocenters. The van der Waals surface area contributed by atoms with Crippen LogP contribution >= 0.6 is 0 Å². The number of aliphatic hydroxyl groups is 1. The van der Waals surface area contributed by atoms with Crippen molar-refractivity contribution in [1.82, 2.24) is 0 Å². The molecule has 1 aromatic heterocycles. The van der Waals surface area contributed by atoms with Crippen LogP contribution in [0.5, 0.6) is 0 Å². The van der Waals surface area contributed by atoms with E-state index in [0.29, 0.717) is 22.6 Å². The number of carbonyl (C=O) groups is 1. The first-order valence-corrected chi connectivity index (χ1v) is 11.3. The van der Waals surface area contributed by atoms with Crippen LogP contribution in [0, 0.1) is 18.6 Å². The van der Waals surface area contributed by atoms with E-state index in [-0.39, 0.29) is 6.42 Å². The monoisotopic (exact) mass is 462 g/mol. The van der Waals surface area contributed by atoms with Crippen molar-refractivity contribution in [3.8, 4) is 11.1 Å². The fourth-order valence-corrected chi connectivity index (χ4v) is 4.61. The molecule has 1 heterocycles. The fourth-order valence-electron chi connectivity index (χ4n) is 3.15. The number of hydrogen-bond acceptors (Lipinski definition) is 6. The lowest BCUT2D eigenvalue weighted by Crippen LogP contribution is -2.44. The van der Waals surface area contributed by atoms with Gasteiger partial charge in [-0.1, -0.05) is 24.3 Å². The van der Waals surface area contributed by atoms with Crippen LogP contribution in [0.1, 0.15) is 29.9 Å². The number of aryl methyl sites for hydroxylation is 2. The molecule has 0 aliphatic heterocycles. The average molecular weight is 462 g/mol. The van der Waals surface area contributed by atoms with Gasteiger partial charge in [-0.3, -0.25) is 9.57 Å². The molecule has 1 aromatic carbocycles. The van der Waals surface area contributed by atoms with E-state index in [0.717, 1.165) is 12.1 Å². The Balaban J connectivity index is 2.24. The van der Waals surface area contributed by atoms with Gasteiger partial charge in [0.15, 0.2) is 5.60 Å². The van der Waals surface area contributed by atoms with Crippen molar-refractivity contribution < 1.29 is 36.8 Å². The maximum Gasteiger partial charge on any atom is 0.421 e. The smallest absolute Gasteiger partial charge is 0.421 e. The van der Waals surface area contributed by atoms with E-state index in [1.807, 2.05) is 0 Å². The summed E-state index contributed by atoms with van der Waals surface area (Å²) in [5, 5.41) is 19.2. The van der Waals surface area contributed by atoms with Crippen molar-refractivity contribution in [2.75, 3.05) is 11.5 Å². The molecule has 2 rings (SSSR count). The van der Waals surface area contributed by atoms with Gasteiger partial charge >= 0.3 is 12.1 Å². The number of carboxylic acid groups (broad SMARTS) is 1. The molecular weight excluding hydrogens is 437 g/mol.